The highest BCUT2D eigenvalue weighted by molar-refractivity contribution is 6.07. The zero-order valence-corrected chi connectivity index (χ0v) is 13.2. The summed E-state index contributed by atoms with van der Waals surface area (Å²) in [7, 11) is 1.53. The van der Waals surface area contributed by atoms with Crippen molar-refractivity contribution in [3.05, 3.63) is 65.9 Å². The minimum atomic E-state index is -2.87. The summed E-state index contributed by atoms with van der Waals surface area (Å²) in [5.41, 5.74) is 1.18. The molecule has 128 valence electrons. The first-order chi connectivity index (χ1) is 12.1. The number of benzene rings is 2. The van der Waals surface area contributed by atoms with Gasteiger partial charge in [-0.25, -0.2) is 0 Å². The first-order valence-corrected chi connectivity index (χ1v) is 7.40. The lowest BCUT2D eigenvalue weighted by molar-refractivity contribution is -0.0498. The SMILES string of the molecule is COc1cccc2cc(C(=O)C=Cc3ccc(OC(F)F)cc3)oc12. The van der Waals surface area contributed by atoms with Crippen LogP contribution >= 0.6 is 0 Å². The zero-order chi connectivity index (χ0) is 17.8. The first-order valence-electron chi connectivity index (χ1n) is 7.40. The van der Waals surface area contributed by atoms with Crippen molar-refractivity contribution in [3.8, 4) is 11.5 Å². The minimum absolute atomic E-state index is 0.0582. The third-order valence-electron chi connectivity index (χ3n) is 3.50. The van der Waals surface area contributed by atoms with Crippen LogP contribution in [0.15, 0.2) is 59.0 Å². The number of para-hydroxylation sites is 1. The Morgan fingerprint density at radius 3 is 2.60 bits per heavy atom. The maximum absolute atomic E-state index is 12.3. The van der Waals surface area contributed by atoms with Gasteiger partial charge < -0.3 is 13.9 Å². The molecule has 0 bridgehead atoms. The number of fused-ring (bicyclic) bond motifs is 1. The van der Waals surface area contributed by atoms with E-state index in [2.05, 4.69) is 4.74 Å². The van der Waals surface area contributed by atoms with Crippen LogP contribution in [0.5, 0.6) is 11.5 Å². The van der Waals surface area contributed by atoms with E-state index in [4.69, 9.17) is 9.15 Å². The van der Waals surface area contributed by atoms with Gasteiger partial charge in [0.05, 0.1) is 7.11 Å². The molecule has 0 aliphatic carbocycles. The number of furan rings is 1. The van der Waals surface area contributed by atoms with Crippen LogP contribution in [-0.4, -0.2) is 19.5 Å². The summed E-state index contributed by atoms with van der Waals surface area (Å²) in [6.07, 6.45) is 2.92. The van der Waals surface area contributed by atoms with E-state index in [1.165, 1.54) is 25.3 Å². The van der Waals surface area contributed by atoms with Crippen molar-refractivity contribution in [1.29, 1.82) is 0 Å². The monoisotopic (exact) mass is 344 g/mol. The summed E-state index contributed by atoms with van der Waals surface area (Å²) in [5, 5.41) is 0.768. The molecule has 0 unspecified atom stereocenters. The molecule has 2 aromatic carbocycles. The molecule has 1 heterocycles. The van der Waals surface area contributed by atoms with Gasteiger partial charge in [-0.15, -0.1) is 0 Å². The highest BCUT2D eigenvalue weighted by Crippen LogP contribution is 2.28. The van der Waals surface area contributed by atoms with Gasteiger partial charge in [-0.3, -0.25) is 4.79 Å². The molecular formula is C19H14F2O4. The summed E-state index contributed by atoms with van der Waals surface area (Å²) in [5.74, 6) is 0.484. The molecule has 3 rings (SSSR count). The van der Waals surface area contributed by atoms with Crippen LogP contribution in [-0.2, 0) is 0 Å². The Balaban J connectivity index is 1.76. The molecular weight excluding hydrogens is 330 g/mol. The van der Waals surface area contributed by atoms with E-state index in [0.717, 1.165) is 5.39 Å². The van der Waals surface area contributed by atoms with Crippen molar-refractivity contribution < 1.29 is 27.5 Å². The van der Waals surface area contributed by atoms with E-state index in [9.17, 15) is 13.6 Å². The lowest BCUT2D eigenvalue weighted by Crippen LogP contribution is -2.01. The summed E-state index contributed by atoms with van der Waals surface area (Å²) in [6.45, 7) is -2.87. The Bertz CT molecular complexity index is 911. The molecule has 0 spiro atoms. The van der Waals surface area contributed by atoms with Gasteiger partial charge in [-0.1, -0.05) is 30.3 Å². The van der Waals surface area contributed by atoms with Crippen LogP contribution in [0.3, 0.4) is 0 Å². The average molecular weight is 344 g/mol. The smallest absolute Gasteiger partial charge is 0.387 e. The van der Waals surface area contributed by atoms with Crippen LogP contribution in [0.4, 0.5) is 8.78 Å². The van der Waals surface area contributed by atoms with Crippen LogP contribution in [0.25, 0.3) is 17.0 Å². The largest absolute Gasteiger partial charge is 0.493 e. The number of carbonyl (C=O) groups is 1. The summed E-state index contributed by atoms with van der Waals surface area (Å²) in [4.78, 5) is 12.3. The normalized spacial score (nSPS) is 11.4. The first kappa shape index (κ1) is 16.7. The van der Waals surface area contributed by atoms with Crippen molar-refractivity contribution in [1.82, 2.24) is 0 Å². The van der Waals surface area contributed by atoms with E-state index in [1.807, 2.05) is 12.1 Å². The van der Waals surface area contributed by atoms with Gasteiger partial charge in [0.25, 0.3) is 0 Å². The molecule has 6 heteroatoms. The second-order valence-electron chi connectivity index (χ2n) is 5.13. The molecule has 0 aliphatic heterocycles. The minimum Gasteiger partial charge on any atom is -0.493 e. The molecule has 0 fully saturated rings. The second kappa shape index (κ2) is 7.17. The fourth-order valence-electron chi connectivity index (χ4n) is 2.33. The van der Waals surface area contributed by atoms with E-state index in [-0.39, 0.29) is 17.3 Å². The molecule has 4 nitrogen and oxygen atoms in total. The standard InChI is InChI=1S/C19H14F2O4/c1-23-16-4-2-3-13-11-17(25-18(13)16)15(22)10-7-12-5-8-14(9-6-12)24-19(20)21/h2-11,19H,1H3. The van der Waals surface area contributed by atoms with Crippen molar-refractivity contribution in [2.45, 2.75) is 6.61 Å². The fourth-order valence-corrected chi connectivity index (χ4v) is 2.33. The van der Waals surface area contributed by atoms with Crippen LogP contribution in [0, 0.1) is 0 Å². The summed E-state index contributed by atoms with van der Waals surface area (Å²) in [6, 6.07) is 13.0. The quantitative estimate of drug-likeness (QED) is 0.469. The second-order valence-corrected chi connectivity index (χ2v) is 5.13. The number of ketones is 1. The number of rotatable bonds is 6. The third-order valence-corrected chi connectivity index (χ3v) is 3.50. The Kier molecular flexibility index (Phi) is 4.79. The molecule has 3 aromatic rings. The third kappa shape index (κ3) is 3.85. The molecule has 0 radical (unpaired) electrons. The summed E-state index contributed by atoms with van der Waals surface area (Å²) >= 11 is 0. The van der Waals surface area contributed by atoms with Crippen LogP contribution < -0.4 is 9.47 Å². The van der Waals surface area contributed by atoms with E-state index >= 15 is 0 Å². The number of ether oxygens (including phenoxy) is 2. The van der Waals surface area contributed by atoms with E-state index < -0.39 is 6.61 Å². The van der Waals surface area contributed by atoms with Crippen LogP contribution in [0.2, 0.25) is 0 Å². The van der Waals surface area contributed by atoms with Crippen LogP contribution in [0.1, 0.15) is 16.1 Å². The average Bonchev–Trinajstić information content (AvgIpc) is 3.04. The van der Waals surface area contributed by atoms with Gasteiger partial charge in [-0.2, -0.15) is 8.78 Å². The molecule has 0 saturated heterocycles. The van der Waals surface area contributed by atoms with Gasteiger partial charge in [0.15, 0.2) is 17.1 Å². The lowest BCUT2D eigenvalue weighted by atomic mass is 10.1. The van der Waals surface area contributed by atoms with Gasteiger partial charge in [0.2, 0.25) is 5.78 Å². The predicted octanol–water partition coefficient (Wildman–Crippen LogP) is 4.94. The number of alkyl halides is 2. The van der Waals surface area contributed by atoms with Gasteiger partial charge in [0.1, 0.15) is 5.75 Å². The maximum Gasteiger partial charge on any atom is 0.387 e. The van der Waals surface area contributed by atoms with E-state index in [1.54, 1.807) is 30.3 Å². The molecule has 1 aromatic heterocycles. The van der Waals surface area contributed by atoms with Crippen molar-refractivity contribution in [2.24, 2.45) is 0 Å². The van der Waals surface area contributed by atoms with Gasteiger partial charge >= 0.3 is 6.61 Å². The molecule has 0 N–H and O–H groups in total. The van der Waals surface area contributed by atoms with Crippen molar-refractivity contribution in [2.75, 3.05) is 7.11 Å². The van der Waals surface area contributed by atoms with Crippen molar-refractivity contribution in [3.63, 3.8) is 0 Å². The number of hydrogen-bond acceptors (Lipinski definition) is 4. The number of hydrogen-bond donors (Lipinski definition) is 0. The summed E-state index contributed by atoms with van der Waals surface area (Å²) < 4.78 is 39.3. The zero-order valence-electron chi connectivity index (χ0n) is 13.2. The molecule has 25 heavy (non-hydrogen) atoms. The van der Waals surface area contributed by atoms with Crippen molar-refractivity contribution >= 4 is 22.8 Å². The van der Waals surface area contributed by atoms with E-state index in [0.29, 0.717) is 16.9 Å². The highest BCUT2D eigenvalue weighted by Gasteiger charge is 2.12. The number of allylic oxidation sites excluding steroid dienone is 1. The Morgan fingerprint density at radius 2 is 1.92 bits per heavy atom. The Labute approximate surface area is 142 Å². The predicted molar refractivity (Wildman–Crippen MR) is 89.2 cm³/mol. The molecule has 0 saturated carbocycles. The van der Waals surface area contributed by atoms with Gasteiger partial charge in [0, 0.05) is 5.39 Å². The molecule has 0 atom stereocenters. The molecule has 0 aliphatic rings. The topological polar surface area (TPSA) is 48.7 Å². The number of halogens is 2. The highest BCUT2D eigenvalue weighted by atomic mass is 19.3. The van der Waals surface area contributed by atoms with Gasteiger partial charge in [-0.05, 0) is 35.9 Å². The number of carbonyl (C=O) groups excluding carboxylic acids is 1. The maximum atomic E-state index is 12.3. The molecule has 0 amide bonds. The number of methoxy groups -OCH3 is 1. The Morgan fingerprint density at radius 1 is 1.16 bits per heavy atom. The Hall–Kier alpha value is -3.15. The lowest BCUT2D eigenvalue weighted by Gasteiger charge is -2.03. The fraction of sp³-hybridized carbons (Fsp3) is 0.105.